The van der Waals surface area contributed by atoms with Gasteiger partial charge in [-0.3, -0.25) is 4.79 Å². The molecule has 2 aliphatic heterocycles. The molecule has 1 unspecified atom stereocenters. The number of carbonyl (C=O) groups is 1. The monoisotopic (exact) mass is 439 g/mol. The molecule has 3 aromatic carbocycles. The van der Waals surface area contributed by atoms with Crippen molar-refractivity contribution in [2.75, 3.05) is 10.2 Å². The summed E-state index contributed by atoms with van der Waals surface area (Å²) in [6, 6.07) is 24.5. The number of nitrogens with zero attached hydrogens (tertiary/aromatic N) is 1. The van der Waals surface area contributed by atoms with Gasteiger partial charge in [0, 0.05) is 10.9 Å². The van der Waals surface area contributed by atoms with Gasteiger partial charge in [-0.1, -0.05) is 60.7 Å². The molecule has 1 amide bonds. The van der Waals surface area contributed by atoms with E-state index in [1.807, 2.05) is 66.7 Å². The maximum Gasteiger partial charge on any atom is 0.344 e. The van der Waals surface area contributed by atoms with Crippen molar-refractivity contribution in [3.8, 4) is 0 Å². The molecule has 32 heavy (non-hydrogen) atoms. The number of amides is 1. The van der Waals surface area contributed by atoms with Gasteiger partial charge in [0.15, 0.2) is 10.7 Å². The summed E-state index contributed by atoms with van der Waals surface area (Å²) in [5, 5.41) is 7.21. The number of rotatable bonds is 2. The summed E-state index contributed by atoms with van der Waals surface area (Å²) in [5.74, 6) is -0.268. The van der Waals surface area contributed by atoms with Crippen molar-refractivity contribution in [2.24, 2.45) is 0 Å². The lowest BCUT2D eigenvalue weighted by Gasteiger charge is -2.36. The van der Waals surface area contributed by atoms with Crippen molar-refractivity contribution >= 4 is 45.6 Å². The van der Waals surface area contributed by atoms with Crippen LogP contribution in [0, 0.1) is 0 Å². The van der Waals surface area contributed by atoms with Crippen molar-refractivity contribution in [3.63, 3.8) is 0 Å². The molecule has 0 saturated carbocycles. The van der Waals surface area contributed by atoms with Gasteiger partial charge in [0.2, 0.25) is 0 Å². The Kier molecular flexibility index (Phi) is 3.97. The molecule has 6 nitrogen and oxygen atoms in total. The molecule has 0 radical (unpaired) electrons. The molecule has 2 N–H and O–H groups in total. The summed E-state index contributed by atoms with van der Waals surface area (Å²) in [7, 11) is 0. The number of anilines is 2. The number of fused-ring (bicyclic) bond motifs is 6. The molecule has 0 aliphatic carbocycles. The minimum atomic E-state index is -1.46. The van der Waals surface area contributed by atoms with E-state index in [2.05, 4.69) is 10.6 Å². The van der Waals surface area contributed by atoms with Gasteiger partial charge in [-0.2, -0.15) is 0 Å². The molecule has 0 saturated heterocycles. The number of hydrogen-bond donors (Lipinski definition) is 2. The van der Waals surface area contributed by atoms with Crippen molar-refractivity contribution in [3.05, 3.63) is 106 Å². The van der Waals surface area contributed by atoms with Gasteiger partial charge in [-0.15, -0.1) is 0 Å². The molecule has 1 aromatic heterocycles. The first-order chi connectivity index (χ1) is 15.6. The van der Waals surface area contributed by atoms with E-state index in [1.54, 1.807) is 17.0 Å². The summed E-state index contributed by atoms with van der Waals surface area (Å²) in [4.78, 5) is 29.1. The molecule has 1 spiro atoms. The standard InChI is InChI=1S/C25H17N3O3S/c29-22-20-21(16-10-4-7-13-19(16)31-22)26-24(32)27-25(20)17-11-5-6-12-18(17)28(23(25)30)14-15-8-2-1-3-9-15/h1-13H,14H2,(H2,26,27,32). The Labute approximate surface area is 188 Å². The van der Waals surface area contributed by atoms with Gasteiger partial charge >= 0.3 is 5.63 Å². The molecular weight excluding hydrogens is 422 g/mol. The summed E-state index contributed by atoms with van der Waals surface area (Å²) in [6.45, 7) is 0.370. The predicted octanol–water partition coefficient (Wildman–Crippen LogP) is 3.88. The number of carbonyl (C=O) groups excluding carboxylic acids is 1. The van der Waals surface area contributed by atoms with Crippen molar-refractivity contribution < 1.29 is 9.21 Å². The van der Waals surface area contributed by atoms with Gasteiger partial charge in [-0.25, -0.2) is 4.79 Å². The molecule has 3 heterocycles. The molecule has 0 bridgehead atoms. The Morgan fingerprint density at radius 3 is 2.47 bits per heavy atom. The Bertz CT molecular complexity index is 1480. The fourth-order valence-corrected chi connectivity index (χ4v) is 4.99. The van der Waals surface area contributed by atoms with Crippen LogP contribution in [0.1, 0.15) is 16.7 Å². The van der Waals surface area contributed by atoms with E-state index in [-0.39, 0.29) is 16.6 Å². The lowest BCUT2D eigenvalue weighted by molar-refractivity contribution is -0.122. The predicted molar refractivity (Wildman–Crippen MR) is 127 cm³/mol. The summed E-state index contributed by atoms with van der Waals surface area (Å²) < 4.78 is 5.65. The first-order valence-electron chi connectivity index (χ1n) is 10.2. The maximum absolute atomic E-state index is 14.1. The first-order valence-corrected chi connectivity index (χ1v) is 10.6. The topological polar surface area (TPSA) is 74.6 Å². The molecule has 1 atom stereocenters. The van der Waals surface area contributed by atoms with Crippen LogP contribution in [0.3, 0.4) is 0 Å². The van der Waals surface area contributed by atoms with Crippen LogP contribution in [0.2, 0.25) is 0 Å². The molecule has 6 rings (SSSR count). The SMILES string of the molecule is O=C1N(Cc2ccccc2)c2ccccc2C12NC(=S)Nc1c2c(=O)oc2ccccc12. The van der Waals surface area contributed by atoms with E-state index in [0.29, 0.717) is 28.8 Å². The van der Waals surface area contributed by atoms with Crippen LogP contribution in [0.5, 0.6) is 0 Å². The molecule has 0 fully saturated rings. The highest BCUT2D eigenvalue weighted by molar-refractivity contribution is 7.80. The van der Waals surface area contributed by atoms with E-state index in [1.165, 1.54) is 0 Å². The van der Waals surface area contributed by atoms with Crippen LogP contribution in [-0.4, -0.2) is 11.0 Å². The third-order valence-electron chi connectivity index (χ3n) is 6.08. The lowest BCUT2D eigenvalue weighted by Crippen LogP contribution is -2.59. The largest absolute Gasteiger partial charge is 0.422 e. The molecule has 2 aliphatic rings. The lowest BCUT2D eigenvalue weighted by atomic mass is 9.82. The number of para-hydroxylation sites is 2. The van der Waals surface area contributed by atoms with Gasteiger partial charge in [0.1, 0.15) is 11.1 Å². The zero-order chi connectivity index (χ0) is 21.9. The smallest absolute Gasteiger partial charge is 0.344 e. The average molecular weight is 439 g/mol. The van der Waals surface area contributed by atoms with Gasteiger partial charge in [0.05, 0.1) is 17.9 Å². The number of benzene rings is 3. The van der Waals surface area contributed by atoms with E-state index in [9.17, 15) is 9.59 Å². The van der Waals surface area contributed by atoms with Crippen LogP contribution in [0.4, 0.5) is 11.4 Å². The zero-order valence-electron chi connectivity index (χ0n) is 16.8. The van der Waals surface area contributed by atoms with Crippen molar-refractivity contribution in [2.45, 2.75) is 12.1 Å². The van der Waals surface area contributed by atoms with E-state index < -0.39 is 11.2 Å². The molecule has 7 heteroatoms. The highest BCUT2D eigenvalue weighted by Gasteiger charge is 2.57. The average Bonchev–Trinajstić information content (AvgIpc) is 3.02. The van der Waals surface area contributed by atoms with Crippen LogP contribution in [-0.2, 0) is 16.9 Å². The Morgan fingerprint density at radius 1 is 0.906 bits per heavy atom. The fraction of sp³-hybridized carbons (Fsp3) is 0.0800. The third kappa shape index (κ3) is 2.48. The Morgan fingerprint density at radius 2 is 1.62 bits per heavy atom. The van der Waals surface area contributed by atoms with Crippen LogP contribution < -0.4 is 21.2 Å². The quantitative estimate of drug-likeness (QED) is 0.365. The van der Waals surface area contributed by atoms with E-state index >= 15 is 0 Å². The number of thiocarbonyl (C=S) groups is 1. The van der Waals surface area contributed by atoms with Crippen LogP contribution in [0.25, 0.3) is 11.0 Å². The maximum atomic E-state index is 14.1. The molecule has 4 aromatic rings. The zero-order valence-corrected chi connectivity index (χ0v) is 17.6. The number of nitrogens with one attached hydrogen (secondary N) is 2. The summed E-state index contributed by atoms with van der Waals surface area (Å²) >= 11 is 5.52. The van der Waals surface area contributed by atoms with Crippen LogP contribution in [0.15, 0.2) is 88.1 Å². The normalized spacial score (nSPS) is 18.9. The van der Waals surface area contributed by atoms with Crippen molar-refractivity contribution in [1.82, 2.24) is 5.32 Å². The Hall–Kier alpha value is -3.97. The molecule has 156 valence electrons. The minimum absolute atomic E-state index is 0.220. The highest BCUT2D eigenvalue weighted by atomic mass is 32.1. The highest BCUT2D eigenvalue weighted by Crippen LogP contribution is 2.48. The van der Waals surface area contributed by atoms with Gasteiger partial charge in [-0.05, 0) is 36.0 Å². The second-order valence-corrected chi connectivity index (χ2v) is 8.27. The number of hydrogen-bond acceptors (Lipinski definition) is 4. The van der Waals surface area contributed by atoms with Gasteiger partial charge < -0.3 is 20.0 Å². The van der Waals surface area contributed by atoms with E-state index in [4.69, 9.17) is 16.6 Å². The molecular formula is C25H17N3O3S. The first kappa shape index (κ1) is 18.8. The fourth-order valence-electron chi connectivity index (χ4n) is 4.74. The van der Waals surface area contributed by atoms with Gasteiger partial charge in [0.25, 0.3) is 5.91 Å². The van der Waals surface area contributed by atoms with Crippen LogP contribution >= 0.6 is 12.2 Å². The second kappa shape index (κ2) is 6.77. The van der Waals surface area contributed by atoms with E-state index in [0.717, 1.165) is 11.3 Å². The van der Waals surface area contributed by atoms with Crippen molar-refractivity contribution in [1.29, 1.82) is 0 Å². The third-order valence-corrected chi connectivity index (χ3v) is 6.28. The summed E-state index contributed by atoms with van der Waals surface area (Å²) in [5.41, 5.74) is 1.51. The second-order valence-electron chi connectivity index (χ2n) is 7.86. The Balaban J connectivity index is 1.64. The summed E-state index contributed by atoms with van der Waals surface area (Å²) in [6.07, 6.45) is 0. The minimum Gasteiger partial charge on any atom is -0.422 e.